The molecule has 192 valence electrons. The first-order valence-electron chi connectivity index (χ1n) is 11.1. The van der Waals surface area contributed by atoms with Crippen molar-refractivity contribution in [2.45, 2.75) is 26.3 Å². The van der Waals surface area contributed by atoms with Gasteiger partial charge in [-0.2, -0.15) is 4.37 Å². The molecule has 11 nitrogen and oxygen atoms in total. The topological polar surface area (TPSA) is 163 Å². The molecule has 0 bridgehead atoms. The number of nitrogens with zero attached hydrogens (tertiary/aromatic N) is 2. The Morgan fingerprint density at radius 3 is 2.44 bits per heavy atom. The van der Waals surface area contributed by atoms with Crippen LogP contribution in [0.15, 0.2) is 41.0 Å². The quantitative estimate of drug-likeness (QED) is 0.351. The van der Waals surface area contributed by atoms with E-state index in [-0.39, 0.29) is 22.0 Å². The van der Waals surface area contributed by atoms with Crippen molar-refractivity contribution in [3.05, 3.63) is 52.9 Å². The first-order valence-corrected chi connectivity index (χ1v) is 11.9. The van der Waals surface area contributed by atoms with Gasteiger partial charge in [-0.15, -0.1) is 0 Å². The first-order chi connectivity index (χ1) is 17.2. The molecule has 0 unspecified atom stereocenters. The summed E-state index contributed by atoms with van der Waals surface area (Å²) in [7, 11) is 2.94. The smallest absolute Gasteiger partial charge is 0.273 e. The molecule has 1 aromatic carbocycles. The molecule has 3 rings (SSSR count). The summed E-state index contributed by atoms with van der Waals surface area (Å²) in [4.78, 5) is 40.3. The third-order valence-corrected chi connectivity index (χ3v) is 6.21. The number of furan rings is 1. The number of rotatable bonds is 11. The number of anilines is 2. The Balaban J connectivity index is 2.16. The molecule has 2 heterocycles. The summed E-state index contributed by atoms with van der Waals surface area (Å²) >= 11 is 0.716. The highest BCUT2D eigenvalue weighted by atomic mass is 32.1. The van der Waals surface area contributed by atoms with Crippen LogP contribution in [-0.4, -0.2) is 42.9 Å². The van der Waals surface area contributed by atoms with E-state index in [1.165, 1.54) is 25.4 Å². The van der Waals surface area contributed by atoms with Gasteiger partial charge in [0, 0.05) is 18.3 Å². The van der Waals surface area contributed by atoms with Crippen LogP contribution in [0.25, 0.3) is 0 Å². The molecule has 3 amide bonds. The molecule has 0 saturated carbocycles. The van der Waals surface area contributed by atoms with Crippen LogP contribution in [0.5, 0.6) is 11.5 Å². The van der Waals surface area contributed by atoms with Gasteiger partial charge in [-0.25, -0.2) is 0 Å². The molecule has 0 aliphatic rings. The molecule has 0 aliphatic carbocycles. The third kappa shape index (κ3) is 5.60. The predicted molar refractivity (Wildman–Crippen MR) is 135 cm³/mol. The van der Waals surface area contributed by atoms with E-state index in [1.807, 2.05) is 13.8 Å². The summed E-state index contributed by atoms with van der Waals surface area (Å²) in [6.45, 7) is 4.48. The number of benzene rings is 1. The number of hydrogen-bond donors (Lipinski definition) is 3. The number of amides is 3. The molecular weight excluding hydrogens is 486 g/mol. The highest BCUT2D eigenvalue weighted by Gasteiger charge is 2.38. The molecule has 0 saturated heterocycles. The second-order valence-corrected chi connectivity index (χ2v) is 9.02. The lowest BCUT2D eigenvalue weighted by Crippen LogP contribution is -2.44. The fraction of sp³-hybridized carbons (Fsp3) is 0.333. The zero-order chi connectivity index (χ0) is 26.4. The summed E-state index contributed by atoms with van der Waals surface area (Å²) in [6, 6.07) is 6.76. The van der Waals surface area contributed by atoms with Gasteiger partial charge < -0.3 is 30.7 Å². The number of nitrogen functional groups attached to an aromatic ring is 1. The number of nitrogens with one attached hydrogen (secondary N) is 1. The average molecular weight is 516 g/mol. The van der Waals surface area contributed by atoms with Crippen molar-refractivity contribution in [1.29, 1.82) is 0 Å². The molecule has 0 spiro atoms. The lowest BCUT2D eigenvalue weighted by atomic mass is 10.1. The highest BCUT2D eigenvalue weighted by molar-refractivity contribution is 7.09. The average Bonchev–Trinajstić information content (AvgIpc) is 3.51. The van der Waals surface area contributed by atoms with Crippen molar-refractivity contribution in [3.63, 3.8) is 0 Å². The van der Waals surface area contributed by atoms with E-state index >= 15 is 0 Å². The normalized spacial score (nSPS) is 11.7. The molecule has 0 fully saturated rings. The van der Waals surface area contributed by atoms with Crippen molar-refractivity contribution in [3.8, 4) is 11.5 Å². The Labute approximate surface area is 212 Å². The van der Waals surface area contributed by atoms with E-state index in [0.29, 0.717) is 41.2 Å². The standard InChI is InChI=1S/C24H29N5O6S/c1-13(2)9-10-27-23(31)20(16-6-5-11-35-16)29(14-7-8-15(33-3)17(12-14)34-4)24(32)21-18(25)19(22(26)30)28-36-21/h5-8,11-13,20H,9-10,25H2,1-4H3,(H2,26,30)(H,27,31)/t20-/m1/s1. The lowest BCUT2D eigenvalue weighted by molar-refractivity contribution is -0.122. The minimum absolute atomic E-state index is 0.0508. The number of aromatic nitrogens is 1. The van der Waals surface area contributed by atoms with Gasteiger partial charge in [0.1, 0.15) is 10.6 Å². The van der Waals surface area contributed by atoms with Crippen LogP contribution < -0.4 is 31.2 Å². The van der Waals surface area contributed by atoms with Crippen LogP contribution >= 0.6 is 11.5 Å². The van der Waals surface area contributed by atoms with Crippen molar-refractivity contribution >= 4 is 40.6 Å². The molecular formula is C24H29N5O6S. The minimum atomic E-state index is -1.21. The van der Waals surface area contributed by atoms with Crippen LogP contribution in [0.3, 0.4) is 0 Å². The van der Waals surface area contributed by atoms with Crippen LogP contribution in [0, 0.1) is 5.92 Å². The second-order valence-electron chi connectivity index (χ2n) is 8.24. The van der Waals surface area contributed by atoms with Gasteiger partial charge in [0.25, 0.3) is 17.7 Å². The molecule has 2 aromatic heterocycles. The van der Waals surface area contributed by atoms with Crippen LogP contribution in [0.2, 0.25) is 0 Å². The van der Waals surface area contributed by atoms with Crippen LogP contribution in [0.4, 0.5) is 11.4 Å². The Morgan fingerprint density at radius 2 is 1.89 bits per heavy atom. The molecule has 1 atom stereocenters. The van der Waals surface area contributed by atoms with E-state index in [2.05, 4.69) is 9.69 Å². The third-order valence-electron chi connectivity index (χ3n) is 5.36. The van der Waals surface area contributed by atoms with E-state index in [0.717, 1.165) is 6.42 Å². The molecule has 0 radical (unpaired) electrons. The van der Waals surface area contributed by atoms with E-state index in [1.54, 1.807) is 30.3 Å². The van der Waals surface area contributed by atoms with Gasteiger partial charge in [0.15, 0.2) is 23.2 Å². The van der Waals surface area contributed by atoms with Crippen LogP contribution in [0.1, 0.15) is 52.2 Å². The SMILES string of the molecule is COc1ccc(N(C(=O)c2snc(C(N)=O)c2N)[C@@H](C(=O)NCCC(C)C)c2ccco2)cc1OC. The highest BCUT2D eigenvalue weighted by Crippen LogP contribution is 2.37. The molecule has 12 heteroatoms. The first kappa shape index (κ1) is 26.5. The van der Waals surface area contributed by atoms with Crippen molar-refractivity contribution in [2.24, 2.45) is 11.7 Å². The molecule has 5 N–H and O–H groups in total. The Morgan fingerprint density at radius 1 is 1.17 bits per heavy atom. The molecule has 3 aromatic rings. The number of carbonyl (C=O) groups is 3. The number of nitrogens with two attached hydrogens (primary N) is 2. The summed E-state index contributed by atoms with van der Waals surface area (Å²) in [5.74, 6) is -0.663. The second kappa shape index (κ2) is 11.6. The maximum atomic E-state index is 13.9. The van der Waals surface area contributed by atoms with Crippen molar-refractivity contribution in [1.82, 2.24) is 9.69 Å². The Kier molecular flexibility index (Phi) is 8.54. The van der Waals surface area contributed by atoms with Gasteiger partial charge in [0.2, 0.25) is 0 Å². The van der Waals surface area contributed by atoms with Gasteiger partial charge in [-0.1, -0.05) is 13.8 Å². The van der Waals surface area contributed by atoms with Gasteiger partial charge in [0.05, 0.1) is 26.2 Å². The van der Waals surface area contributed by atoms with Crippen molar-refractivity contribution in [2.75, 3.05) is 31.4 Å². The maximum Gasteiger partial charge on any atom is 0.273 e. The van der Waals surface area contributed by atoms with Gasteiger partial charge in [-0.3, -0.25) is 19.3 Å². The maximum absolute atomic E-state index is 13.9. The van der Waals surface area contributed by atoms with E-state index in [4.69, 9.17) is 25.4 Å². The number of hydrogen-bond acceptors (Lipinski definition) is 9. The predicted octanol–water partition coefficient (Wildman–Crippen LogP) is 2.98. The number of methoxy groups -OCH3 is 2. The fourth-order valence-electron chi connectivity index (χ4n) is 3.50. The summed E-state index contributed by atoms with van der Waals surface area (Å²) in [6.07, 6.45) is 2.15. The zero-order valence-corrected chi connectivity index (χ0v) is 21.3. The summed E-state index contributed by atoms with van der Waals surface area (Å²) in [5, 5.41) is 2.88. The fourth-order valence-corrected chi connectivity index (χ4v) is 4.24. The van der Waals surface area contributed by atoms with E-state index in [9.17, 15) is 14.4 Å². The Hall–Kier alpha value is -4.06. The number of carbonyl (C=O) groups excluding carboxylic acids is 3. The monoisotopic (exact) mass is 515 g/mol. The molecule has 36 heavy (non-hydrogen) atoms. The van der Waals surface area contributed by atoms with Crippen LogP contribution in [-0.2, 0) is 4.79 Å². The summed E-state index contributed by atoms with van der Waals surface area (Å²) < 4.78 is 20.2. The number of primary amides is 1. The summed E-state index contributed by atoms with van der Waals surface area (Å²) in [5.41, 5.74) is 11.3. The number of ether oxygens (including phenoxy) is 2. The van der Waals surface area contributed by atoms with Gasteiger partial charge in [-0.05, 0) is 48.1 Å². The Bertz CT molecular complexity index is 1220. The zero-order valence-electron chi connectivity index (χ0n) is 20.4. The van der Waals surface area contributed by atoms with Gasteiger partial charge >= 0.3 is 0 Å². The van der Waals surface area contributed by atoms with Crippen molar-refractivity contribution < 1.29 is 28.3 Å². The lowest BCUT2D eigenvalue weighted by Gasteiger charge is -2.30. The minimum Gasteiger partial charge on any atom is -0.493 e. The molecule has 0 aliphatic heterocycles. The van der Waals surface area contributed by atoms with E-state index < -0.39 is 23.8 Å². The largest absolute Gasteiger partial charge is 0.493 e.